The van der Waals surface area contributed by atoms with Crippen LogP contribution in [0.5, 0.6) is 5.75 Å². The Bertz CT molecular complexity index is 816. The molecule has 2 rings (SSSR count). The van der Waals surface area contributed by atoms with Crippen molar-refractivity contribution < 1.29 is 14.3 Å². The lowest BCUT2D eigenvalue weighted by Crippen LogP contribution is -2.43. The van der Waals surface area contributed by atoms with Crippen molar-refractivity contribution >= 4 is 17.9 Å². The average Bonchev–Trinajstić information content (AvgIpc) is 2.70. The zero-order valence-corrected chi connectivity index (χ0v) is 17.0. The molecule has 0 aromatic heterocycles. The molecule has 0 heterocycles. The third-order valence-corrected chi connectivity index (χ3v) is 4.40. The van der Waals surface area contributed by atoms with Crippen LogP contribution < -0.4 is 4.74 Å². The molecule has 2 aromatic carbocycles. The fourth-order valence-corrected chi connectivity index (χ4v) is 2.75. The monoisotopic (exact) mass is 380 g/mol. The molecule has 148 valence electrons. The van der Waals surface area contributed by atoms with Crippen LogP contribution in [0.15, 0.2) is 60.7 Å². The van der Waals surface area contributed by atoms with Crippen LogP contribution in [0.3, 0.4) is 0 Å². The van der Waals surface area contributed by atoms with Crippen LogP contribution in [0.1, 0.15) is 25.0 Å². The van der Waals surface area contributed by atoms with E-state index >= 15 is 0 Å². The molecule has 28 heavy (non-hydrogen) atoms. The zero-order chi connectivity index (χ0) is 20.5. The molecule has 0 aliphatic rings. The van der Waals surface area contributed by atoms with E-state index in [1.807, 2.05) is 68.4 Å². The maximum atomic E-state index is 12.8. The summed E-state index contributed by atoms with van der Waals surface area (Å²) < 4.78 is 5.18. The van der Waals surface area contributed by atoms with Gasteiger partial charge in [0.2, 0.25) is 11.8 Å². The van der Waals surface area contributed by atoms with Gasteiger partial charge in [-0.25, -0.2) is 0 Å². The van der Waals surface area contributed by atoms with E-state index in [9.17, 15) is 9.59 Å². The Labute approximate surface area is 167 Å². The van der Waals surface area contributed by atoms with Crippen molar-refractivity contribution in [3.05, 3.63) is 71.8 Å². The molecule has 2 amide bonds. The van der Waals surface area contributed by atoms with Crippen LogP contribution in [0, 0.1) is 0 Å². The van der Waals surface area contributed by atoms with Crippen molar-refractivity contribution in [2.45, 2.75) is 26.4 Å². The van der Waals surface area contributed by atoms with E-state index in [0.717, 1.165) is 16.9 Å². The minimum Gasteiger partial charge on any atom is -0.497 e. The van der Waals surface area contributed by atoms with Crippen molar-refractivity contribution in [3.8, 4) is 5.75 Å². The molecule has 2 aromatic rings. The number of carbonyl (C=O) groups excluding carboxylic acids is 2. The third-order valence-electron chi connectivity index (χ3n) is 4.40. The Kier molecular flexibility index (Phi) is 7.81. The summed E-state index contributed by atoms with van der Waals surface area (Å²) in [6.45, 7) is 4.52. The number of methoxy groups -OCH3 is 1. The number of nitrogens with zero attached hydrogens (tertiary/aromatic N) is 2. The van der Waals surface area contributed by atoms with Crippen LogP contribution in [0.25, 0.3) is 6.08 Å². The summed E-state index contributed by atoms with van der Waals surface area (Å²) in [5.74, 6) is 0.427. The van der Waals surface area contributed by atoms with Crippen LogP contribution in [0.4, 0.5) is 0 Å². The summed E-state index contributed by atoms with van der Waals surface area (Å²) >= 11 is 0. The first-order chi connectivity index (χ1) is 13.4. The van der Waals surface area contributed by atoms with E-state index in [0.29, 0.717) is 6.54 Å². The Morgan fingerprint density at radius 1 is 1.07 bits per heavy atom. The second-order valence-electron chi connectivity index (χ2n) is 6.91. The second kappa shape index (κ2) is 10.3. The van der Waals surface area contributed by atoms with Crippen molar-refractivity contribution in [3.63, 3.8) is 0 Å². The van der Waals surface area contributed by atoms with Crippen LogP contribution in [-0.4, -0.2) is 48.4 Å². The fraction of sp³-hybridized carbons (Fsp3) is 0.304. The molecular formula is C23H28N2O3. The maximum absolute atomic E-state index is 12.8. The maximum Gasteiger partial charge on any atom is 0.246 e. The molecule has 0 N–H and O–H groups in total. The Hall–Kier alpha value is -3.08. The van der Waals surface area contributed by atoms with Crippen LogP contribution in [0.2, 0.25) is 0 Å². The van der Waals surface area contributed by atoms with E-state index in [2.05, 4.69) is 0 Å². The minimum atomic E-state index is -0.223. The predicted octanol–water partition coefficient (Wildman–Crippen LogP) is 3.60. The Balaban J connectivity index is 1.98. The Morgan fingerprint density at radius 2 is 1.79 bits per heavy atom. The molecule has 5 nitrogen and oxygen atoms in total. The lowest BCUT2D eigenvalue weighted by molar-refractivity contribution is -0.139. The van der Waals surface area contributed by atoms with Gasteiger partial charge < -0.3 is 14.5 Å². The lowest BCUT2D eigenvalue weighted by Gasteiger charge is -2.29. The molecule has 0 spiro atoms. The van der Waals surface area contributed by atoms with Gasteiger partial charge in [0.05, 0.1) is 13.7 Å². The number of hydrogen-bond acceptors (Lipinski definition) is 3. The normalized spacial score (nSPS) is 10.9. The number of amides is 2. The van der Waals surface area contributed by atoms with Gasteiger partial charge in [0, 0.05) is 25.7 Å². The molecule has 5 heteroatoms. The van der Waals surface area contributed by atoms with E-state index < -0.39 is 0 Å². The molecule has 0 unspecified atom stereocenters. The molecule has 0 fully saturated rings. The highest BCUT2D eigenvalue weighted by Gasteiger charge is 2.20. The number of likely N-dealkylation sites (N-methyl/N-ethyl adjacent to an activating group) is 1. The highest BCUT2D eigenvalue weighted by molar-refractivity contribution is 5.94. The summed E-state index contributed by atoms with van der Waals surface area (Å²) in [4.78, 5) is 28.4. The highest BCUT2D eigenvalue weighted by atomic mass is 16.5. The van der Waals surface area contributed by atoms with Gasteiger partial charge >= 0.3 is 0 Å². The topological polar surface area (TPSA) is 49.9 Å². The van der Waals surface area contributed by atoms with E-state index in [4.69, 9.17) is 4.74 Å². The van der Waals surface area contributed by atoms with Crippen molar-refractivity contribution in [2.24, 2.45) is 0 Å². The first kappa shape index (κ1) is 21.2. The van der Waals surface area contributed by atoms with Crippen molar-refractivity contribution in [1.29, 1.82) is 0 Å². The summed E-state index contributed by atoms with van der Waals surface area (Å²) in [6.07, 6.45) is 3.19. The summed E-state index contributed by atoms with van der Waals surface area (Å²) in [6, 6.07) is 17.3. The van der Waals surface area contributed by atoms with Crippen LogP contribution >= 0.6 is 0 Å². The molecular weight excluding hydrogens is 352 g/mol. The second-order valence-corrected chi connectivity index (χ2v) is 6.91. The molecule has 0 radical (unpaired) electrons. The lowest BCUT2D eigenvalue weighted by atomic mass is 10.2. The smallest absolute Gasteiger partial charge is 0.246 e. The van der Waals surface area contributed by atoms with Crippen LogP contribution in [-0.2, 0) is 16.1 Å². The molecule has 0 bridgehead atoms. The number of hydrogen-bond donors (Lipinski definition) is 0. The van der Waals surface area contributed by atoms with Gasteiger partial charge in [-0.05, 0) is 43.2 Å². The van der Waals surface area contributed by atoms with Gasteiger partial charge in [-0.2, -0.15) is 0 Å². The van der Waals surface area contributed by atoms with Crippen molar-refractivity contribution in [1.82, 2.24) is 9.80 Å². The number of ether oxygens (including phenoxy) is 1. The largest absolute Gasteiger partial charge is 0.497 e. The molecule has 0 aliphatic carbocycles. The standard InChI is InChI=1S/C23H28N2O3/c1-18(2)25(16-20-9-6-5-7-10-20)23(27)17-24(3)22(26)14-13-19-11-8-12-21(15-19)28-4/h5-15,18H,16-17H2,1-4H3/b14-13+. The van der Waals surface area contributed by atoms with Gasteiger partial charge in [-0.3, -0.25) is 9.59 Å². The minimum absolute atomic E-state index is 0.0340. The van der Waals surface area contributed by atoms with Gasteiger partial charge in [0.25, 0.3) is 0 Å². The van der Waals surface area contributed by atoms with Gasteiger partial charge in [-0.15, -0.1) is 0 Å². The van der Waals surface area contributed by atoms with E-state index in [1.165, 1.54) is 11.0 Å². The number of benzene rings is 2. The van der Waals surface area contributed by atoms with Gasteiger partial charge in [-0.1, -0.05) is 42.5 Å². The molecule has 0 atom stereocenters. The van der Waals surface area contributed by atoms with E-state index in [-0.39, 0.29) is 24.4 Å². The van der Waals surface area contributed by atoms with Gasteiger partial charge in [0.1, 0.15) is 5.75 Å². The summed E-state index contributed by atoms with van der Waals surface area (Å²) in [5, 5.41) is 0. The summed E-state index contributed by atoms with van der Waals surface area (Å²) in [5.41, 5.74) is 1.93. The number of carbonyl (C=O) groups is 2. The zero-order valence-electron chi connectivity index (χ0n) is 17.0. The predicted molar refractivity (Wildman–Crippen MR) is 112 cm³/mol. The summed E-state index contributed by atoms with van der Waals surface area (Å²) in [7, 11) is 3.24. The number of rotatable bonds is 8. The first-order valence-corrected chi connectivity index (χ1v) is 9.31. The van der Waals surface area contributed by atoms with Crippen molar-refractivity contribution in [2.75, 3.05) is 20.7 Å². The first-order valence-electron chi connectivity index (χ1n) is 9.31. The average molecular weight is 380 g/mol. The fourth-order valence-electron chi connectivity index (χ4n) is 2.75. The molecule has 0 saturated heterocycles. The SMILES string of the molecule is COc1cccc(/C=C/C(=O)N(C)CC(=O)N(Cc2ccccc2)C(C)C)c1. The molecule has 0 aliphatic heterocycles. The quantitative estimate of drug-likeness (QED) is 0.658. The highest BCUT2D eigenvalue weighted by Crippen LogP contribution is 2.14. The molecule has 0 saturated carbocycles. The van der Waals surface area contributed by atoms with Gasteiger partial charge in [0.15, 0.2) is 0 Å². The third kappa shape index (κ3) is 6.27. The van der Waals surface area contributed by atoms with E-state index in [1.54, 1.807) is 25.1 Å². The Morgan fingerprint density at radius 3 is 2.43 bits per heavy atom.